The first-order valence-corrected chi connectivity index (χ1v) is 12.1. The van der Waals surface area contributed by atoms with Gasteiger partial charge in [-0.2, -0.15) is 13.2 Å². The Hall–Kier alpha value is -3.31. The molecule has 0 radical (unpaired) electrons. The number of aromatic nitrogens is 3. The third kappa shape index (κ3) is 5.73. The molecule has 1 heterocycles. The zero-order valence-electron chi connectivity index (χ0n) is 19.2. The van der Waals surface area contributed by atoms with Crippen LogP contribution in [0.5, 0.6) is 0 Å². The lowest BCUT2D eigenvalue weighted by Gasteiger charge is -2.15. The minimum absolute atomic E-state index is 0.0664. The van der Waals surface area contributed by atoms with Crippen LogP contribution in [0, 0.1) is 0 Å². The second-order valence-corrected chi connectivity index (χ2v) is 9.50. The Morgan fingerprint density at radius 1 is 1.03 bits per heavy atom. The molecule has 198 valence electrons. The minimum atomic E-state index is -4.97. The molecule has 4 aromatic rings. The number of hydrogen-bond donors (Lipinski definition) is 2. The standard InChI is InChI=1S/C25H18Cl3F3N4O3/c26-16-7-4-13(5-8-16)23-33-35(24(38)34(23)12-20(36)25(29,30)31)11-15-10-14(6-9-18(15)22(32)37)17-2-1-3-19(27)21(17)28/h1-10,20,36H,11-12H2,(H2,32,37). The van der Waals surface area contributed by atoms with Crippen LogP contribution in [-0.4, -0.2) is 37.6 Å². The fourth-order valence-corrected chi connectivity index (χ4v) is 4.35. The van der Waals surface area contributed by atoms with E-state index in [1.165, 1.54) is 30.3 Å². The van der Waals surface area contributed by atoms with E-state index in [0.717, 1.165) is 4.68 Å². The molecule has 0 spiro atoms. The summed E-state index contributed by atoms with van der Waals surface area (Å²) in [6, 6.07) is 15.5. The topological polar surface area (TPSA) is 103 Å². The van der Waals surface area contributed by atoms with Crippen molar-refractivity contribution in [1.82, 2.24) is 14.3 Å². The molecule has 13 heteroatoms. The lowest BCUT2D eigenvalue weighted by molar-refractivity contribution is -0.207. The highest BCUT2D eigenvalue weighted by atomic mass is 35.5. The fraction of sp³-hybridized carbons (Fsp3) is 0.160. The van der Waals surface area contributed by atoms with Gasteiger partial charge in [0.15, 0.2) is 11.9 Å². The highest BCUT2D eigenvalue weighted by molar-refractivity contribution is 6.43. The van der Waals surface area contributed by atoms with E-state index in [-0.39, 0.29) is 34.1 Å². The van der Waals surface area contributed by atoms with Gasteiger partial charge in [-0.25, -0.2) is 9.48 Å². The number of halogens is 6. The SMILES string of the molecule is NC(=O)c1ccc(-c2cccc(Cl)c2Cl)cc1Cn1nc(-c2ccc(Cl)cc2)n(CC(O)C(F)(F)F)c1=O. The first-order valence-electron chi connectivity index (χ1n) is 10.9. The number of alkyl halides is 3. The van der Waals surface area contributed by atoms with E-state index in [0.29, 0.717) is 25.7 Å². The zero-order valence-corrected chi connectivity index (χ0v) is 21.5. The van der Waals surface area contributed by atoms with Crippen molar-refractivity contribution in [2.45, 2.75) is 25.4 Å². The molecule has 0 bridgehead atoms. The number of nitrogens with zero attached hydrogens (tertiary/aromatic N) is 3. The summed E-state index contributed by atoms with van der Waals surface area (Å²) in [5.41, 5.74) is 6.30. The lowest BCUT2D eigenvalue weighted by Crippen LogP contribution is -2.37. The van der Waals surface area contributed by atoms with Crippen LogP contribution in [0.4, 0.5) is 13.2 Å². The van der Waals surface area contributed by atoms with Crippen LogP contribution in [0.3, 0.4) is 0 Å². The van der Waals surface area contributed by atoms with Crippen LogP contribution >= 0.6 is 34.8 Å². The van der Waals surface area contributed by atoms with E-state index in [4.69, 9.17) is 40.5 Å². The van der Waals surface area contributed by atoms with Gasteiger partial charge in [0.05, 0.1) is 23.1 Å². The molecule has 1 atom stereocenters. The van der Waals surface area contributed by atoms with E-state index in [1.807, 2.05) is 0 Å². The highest BCUT2D eigenvalue weighted by Crippen LogP contribution is 2.34. The number of aliphatic hydroxyl groups is 1. The molecule has 3 aromatic carbocycles. The number of nitrogens with two attached hydrogens (primary N) is 1. The first kappa shape index (κ1) is 27.7. The second kappa shape index (κ2) is 10.8. The summed E-state index contributed by atoms with van der Waals surface area (Å²) in [6.07, 6.45) is -7.79. The number of rotatable bonds is 7. The summed E-state index contributed by atoms with van der Waals surface area (Å²) in [5.74, 6) is -0.925. The van der Waals surface area contributed by atoms with Gasteiger partial charge in [0.2, 0.25) is 5.91 Å². The van der Waals surface area contributed by atoms with Crippen LogP contribution in [0.25, 0.3) is 22.5 Å². The predicted octanol–water partition coefficient (Wildman–Crippen LogP) is 5.41. The Morgan fingerprint density at radius 3 is 2.32 bits per heavy atom. The molecule has 0 saturated heterocycles. The maximum absolute atomic E-state index is 13.2. The quantitative estimate of drug-likeness (QED) is 0.303. The van der Waals surface area contributed by atoms with Crippen molar-refractivity contribution in [3.8, 4) is 22.5 Å². The fourth-order valence-electron chi connectivity index (χ4n) is 3.82. The Morgan fingerprint density at radius 2 is 1.68 bits per heavy atom. The van der Waals surface area contributed by atoms with Crippen molar-refractivity contribution in [1.29, 1.82) is 0 Å². The van der Waals surface area contributed by atoms with Gasteiger partial charge >= 0.3 is 11.9 Å². The van der Waals surface area contributed by atoms with E-state index >= 15 is 0 Å². The smallest absolute Gasteiger partial charge is 0.382 e. The molecule has 1 amide bonds. The number of benzene rings is 3. The highest BCUT2D eigenvalue weighted by Gasteiger charge is 2.39. The molecular formula is C25H18Cl3F3N4O3. The van der Waals surface area contributed by atoms with Crippen molar-refractivity contribution in [2.24, 2.45) is 5.73 Å². The lowest BCUT2D eigenvalue weighted by atomic mass is 9.98. The van der Waals surface area contributed by atoms with Crippen LogP contribution in [0.2, 0.25) is 15.1 Å². The normalized spacial score (nSPS) is 12.5. The van der Waals surface area contributed by atoms with Crippen molar-refractivity contribution in [3.63, 3.8) is 0 Å². The first-order chi connectivity index (χ1) is 17.9. The molecule has 0 saturated carbocycles. The van der Waals surface area contributed by atoms with Crippen LogP contribution in [0.1, 0.15) is 15.9 Å². The average molecular weight is 586 g/mol. The van der Waals surface area contributed by atoms with E-state index in [1.54, 1.807) is 30.3 Å². The van der Waals surface area contributed by atoms with Crippen molar-refractivity contribution in [3.05, 3.63) is 97.3 Å². The van der Waals surface area contributed by atoms with Gasteiger partial charge in [-0.05, 0) is 53.6 Å². The molecule has 38 heavy (non-hydrogen) atoms. The monoisotopic (exact) mass is 584 g/mol. The number of hydrogen-bond acceptors (Lipinski definition) is 4. The Bertz CT molecular complexity index is 1570. The third-order valence-electron chi connectivity index (χ3n) is 5.71. The minimum Gasteiger partial charge on any atom is -0.382 e. The largest absolute Gasteiger partial charge is 0.416 e. The number of amides is 1. The Kier molecular flexibility index (Phi) is 7.89. The maximum atomic E-state index is 13.2. The summed E-state index contributed by atoms with van der Waals surface area (Å²) in [7, 11) is 0. The molecule has 7 nitrogen and oxygen atoms in total. The molecule has 0 aliphatic heterocycles. The maximum Gasteiger partial charge on any atom is 0.416 e. The van der Waals surface area contributed by atoms with Crippen molar-refractivity contribution < 1.29 is 23.1 Å². The van der Waals surface area contributed by atoms with Gasteiger partial charge in [0, 0.05) is 21.7 Å². The molecule has 4 rings (SSSR count). The molecule has 0 fully saturated rings. The van der Waals surface area contributed by atoms with E-state index in [2.05, 4.69) is 5.10 Å². The molecule has 1 aromatic heterocycles. The summed E-state index contributed by atoms with van der Waals surface area (Å²) in [6.45, 7) is -1.42. The van der Waals surface area contributed by atoms with Gasteiger partial charge in [-0.15, -0.1) is 5.10 Å². The van der Waals surface area contributed by atoms with E-state index < -0.39 is 30.4 Å². The third-order valence-corrected chi connectivity index (χ3v) is 6.78. The average Bonchev–Trinajstić information content (AvgIpc) is 3.15. The molecule has 0 aliphatic rings. The van der Waals surface area contributed by atoms with Crippen LogP contribution < -0.4 is 11.4 Å². The Balaban J connectivity index is 1.84. The second-order valence-electron chi connectivity index (χ2n) is 8.28. The van der Waals surface area contributed by atoms with Crippen LogP contribution in [0.15, 0.2) is 65.5 Å². The Labute approximate surface area is 228 Å². The number of primary amides is 1. The molecule has 1 unspecified atom stereocenters. The number of carbonyl (C=O) groups is 1. The van der Waals surface area contributed by atoms with E-state index in [9.17, 15) is 27.9 Å². The summed E-state index contributed by atoms with van der Waals surface area (Å²) < 4.78 is 41.0. The molecule has 0 aliphatic carbocycles. The predicted molar refractivity (Wildman–Crippen MR) is 139 cm³/mol. The van der Waals surface area contributed by atoms with Gasteiger partial charge in [0.25, 0.3) is 0 Å². The van der Waals surface area contributed by atoms with Gasteiger partial charge in [0.1, 0.15) is 0 Å². The van der Waals surface area contributed by atoms with Gasteiger partial charge in [-0.1, -0.05) is 53.0 Å². The molecule has 3 N–H and O–H groups in total. The zero-order chi connectivity index (χ0) is 27.8. The molecular weight excluding hydrogens is 568 g/mol. The number of aliphatic hydroxyl groups excluding tert-OH is 1. The van der Waals surface area contributed by atoms with Crippen LogP contribution in [-0.2, 0) is 13.1 Å². The van der Waals surface area contributed by atoms with Crippen molar-refractivity contribution in [2.75, 3.05) is 0 Å². The summed E-state index contributed by atoms with van der Waals surface area (Å²) in [5, 5.41) is 14.8. The van der Waals surface area contributed by atoms with Gasteiger partial charge in [-0.3, -0.25) is 9.36 Å². The summed E-state index contributed by atoms with van der Waals surface area (Å²) in [4.78, 5) is 25.4. The number of carbonyl (C=O) groups excluding carboxylic acids is 1. The van der Waals surface area contributed by atoms with Gasteiger partial charge < -0.3 is 10.8 Å². The van der Waals surface area contributed by atoms with Crippen molar-refractivity contribution >= 4 is 40.7 Å². The summed E-state index contributed by atoms with van der Waals surface area (Å²) >= 11 is 18.4.